The highest BCUT2D eigenvalue weighted by atomic mass is 19.3. The van der Waals surface area contributed by atoms with E-state index in [2.05, 4.69) is 14.2 Å². The summed E-state index contributed by atoms with van der Waals surface area (Å²) in [6, 6.07) is 2.32. The number of alkyl halides is 2. The van der Waals surface area contributed by atoms with Crippen molar-refractivity contribution in [3.8, 4) is 17.2 Å². The quantitative estimate of drug-likeness (QED) is 0.783. The highest BCUT2D eigenvalue weighted by molar-refractivity contribution is 5.47. The van der Waals surface area contributed by atoms with Crippen LogP contribution in [0.2, 0.25) is 0 Å². The maximum Gasteiger partial charge on any atom is 0.387 e. The Morgan fingerprint density at radius 2 is 1.67 bits per heavy atom. The smallest absolute Gasteiger partial charge is 0.387 e. The Balaban J connectivity index is 3.12. The molecule has 0 aromatic heterocycles. The van der Waals surface area contributed by atoms with Crippen LogP contribution in [0.3, 0.4) is 0 Å². The van der Waals surface area contributed by atoms with E-state index in [1.54, 1.807) is 0 Å². The first-order chi connectivity index (χ1) is 7.10. The summed E-state index contributed by atoms with van der Waals surface area (Å²) in [7, 11) is 2.40. The largest absolute Gasteiger partial charge is 0.494 e. The predicted molar refractivity (Wildman–Crippen MR) is 46.1 cm³/mol. The number of methoxy groups -OCH3 is 2. The van der Waals surface area contributed by atoms with Crippen LogP contribution in [0.5, 0.6) is 17.2 Å². The third-order valence-electron chi connectivity index (χ3n) is 1.67. The third kappa shape index (κ3) is 2.45. The summed E-state index contributed by atoms with van der Waals surface area (Å²) in [5.74, 6) is -1.76. The van der Waals surface area contributed by atoms with Crippen molar-refractivity contribution in [1.29, 1.82) is 0 Å². The molecule has 1 rings (SSSR count). The van der Waals surface area contributed by atoms with Gasteiger partial charge in [0.1, 0.15) is 0 Å². The predicted octanol–water partition coefficient (Wildman–Crippen LogP) is 2.44. The van der Waals surface area contributed by atoms with Gasteiger partial charge >= 0.3 is 6.61 Å². The van der Waals surface area contributed by atoms with Gasteiger partial charge in [-0.3, -0.25) is 0 Å². The van der Waals surface area contributed by atoms with E-state index >= 15 is 0 Å². The van der Waals surface area contributed by atoms with Gasteiger partial charge < -0.3 is 14.2 Å². The van der Waals surface area contributed by atoms with Gasteiger partial charge in [-0.15, -0.1) is 0 Å². The Kier molecular flexibility index (Phi) is 3.65. The molecule has 0 aliphatic rings. The van der Waals surface area contributed by atoms with Crippen LogP contribution < -0.4 is 14.2 Å². The molecule has 0 fully saturated rings. The maximum atomic E-state index is 13.4. The molecular formula is C9H9F3O3. The molecule has 0 aliphatic heterocycles. The molecule has 0 bridgehead atoms. The molecule has 0 saturated heterocycles. The van der Waals surface area contributed by atoms with Crippen LogP contribution >= 0.6 is 0 Å². The molecule has 84 valence electrons. The van der Waals surface area contributed by atoms with Crippen molar-refractivity contribution >= 4 is 0 Å². The van der Waals surface area contributed by atoms with Crippen molar-refractivity contribution in [2.24, 2.45) is 0 Å². The minimum atomic E-state index is -3.04. The number of rotatable bonds is 4. The molecule has 0 N–H and O–H groups in total. The zero-order valence-electron chi connectivity index (χ0n) is 8.09. The van der Waals surface area contributed by atoms with Crippen LogP contribution in [-0.2, 0) is 0 Å². The van der Waals surface area contributed by atoms with E-state index in [1.165, 1.54) is 13.2 Å². The van der Waals surface area contributed by atoms with Crippen LogP contribution in [0, 0.1) is 5.82 Å². The highest BCUT2D eigenvalue weighted by Gasteiger charge is 2.18. The lowest BCUT2D eigenvalue weighted by Crippen LogP contribution is -2.05. The van der Waals surface area contributed by atoms with E-state index in [9.17, 15) is 13.2 Å². The summed E-state index contributed by atoms with van der Waals surface area (Å²) < 4.78 is 50.6. The topological polar surface area (TPSA) is 27.7 Å². The summed E-state index contributed by atoms with van der Waals surface area (Å²) in [5, 5.41) is 0. The van der Waals surface area contributed by atoms with Gasteiger partial charge in [-0.2, -0.15) is 13.2 Å². The van der Waals surface area contributed by atoms with Crippen molar-refractivity contribution < 1.29 is 27.4 Å². The molecule has 0 unspecified atom stereocenters. The maximum absolute atomic E-state index is 13.4. The second kappa shape index (κ2) is 4.77. The second-order valence-corrected chi connectivity index (χ2v) is 2.49. The van der Waals surface area contributed by atoms with Gasteiger partial charge in [-0.05, 0) is 12.1 Å². The van der Waals surface area contributed by atoms with Gasteiger partial charge in [0.2, 0.25) is 11.6 Å². The molecule has 1 aromatic rings. The van der Waals surface area contributed by atoms with Crippen LogP contribution in [0.1, 0.15) is 0 Å². The van der Waals surface area contributed by atoms with E-state index in [0.717, 1.165) is 13.2 Å². The van der Waals surface area contributed by atoms with Gasteiger partial charge in [-0.25, -0.2) is 0 Å². The molecule has 0 amide bonds. The molecule has 3 nitrogen and oxygen atoms in total. The number of hydrogen-bond donors (Lipinski definition) is 0. The Morgan fingerprint density at radius 3 is 2.13 bits per heavy atom. The fourth-order valence-electron chi connectivity index (χ4n) is 1.06. The summed E-state index contributed by atoms with van der Waals surface area (Å²) >= 11 is 0. The Hall–Kier alpha value is -1.59. The zero-order valence-corrected chi connectivity index (χ0v) is 8.09. The van der Waals surface area contributed by atoms with Crippen LogP contribution in [0.4, 0.5) is 13.2 Å². The molecule has 0 radical (unpaired) electrons. The Labute approximate surface area is 84.4 Å². The molecule has 0 aliphatic carbocycles. The fraction of sp³-hybridized carbons (Fsp3) is 0.333. The van der Waals surface area contributed by atoms with Gasteiger partial charge in [-0.1, -0.05) is 0 Å². The first kappa shape index (κ1) is 11.5. The molecule has 0 saturated carbocycles. The lowest BCUT2D eigenvalue weighted by Gasteiger charge is -2.12. The van der Waals surface area contributed by atoms with E-state index in [0.29, 0.717) is 0 Å². The number of benzene rings is 1. The lowest BCUT2D eigenvalue weighted by molar-refractivity contribution is -0.0515. The average molecular weight is 222 g/mol. The summed E-state index contributed by atoms with van der Waals surface area (Å²) in [5.41, 5.74) is 0. The fourth-order valence-corrected chi connectivity index (χ4v) is 1.06. The van der Waals surface area contributed by atoms with Gasteiger partial charge in [0.05, 0.1) is 14.2 Å². The molecule has 0 heterocycles. The molecule has 0 spiro atoms. The van der Waals surface area contributed by atoms with E-state index in [-0.39, 0.29) is 11.5 Å². The van der Waals surface area contributed by atoms with Gasteiger partial charge in [0.25, 0.3) is 0 Å². The molecule has 6 heteroatoms. The molecule has 0 atom stereocenters. The van der Waals surface area contributed by atoms with Crippen molar-refractivity contribution in [3.63, 3.8) is 0 Å². The van der Waals surface area contributed by atoms with Crippen LogP contribution in [0.25, 0.3) is 0 Å². The van der Waals surface area contributed by atoms with Crippen LogP contribution in [0.15, 0.2) is 12.1 Å². The first-order valence-corrected chi connectivity index (χ1v) is 3.95. The first-order valence-electron chi connectivity index (χ1n) is 3.95. The second-order valence-electron chi connectivity index (χ2n) is 2.49. The monoisotopic (exact) mass is 222 g/mol. The van der Waals surface area contributed by atoms with Crippen LogP contribution in [-0.4, -0.2) is 20.8 Å². The number of hydrogen-bond acceptors (Lipinski definition) is 3. The molecule has 15 heavy (non-hydrogen) atoms. The molecule has 1 aromatic carbocycles. The standard InChI is InChI=1S/C9H9F3O3/c1-13-5-3-4-6(15-9(11)12)8(14-2)7(5)10/h3-4,9H,1-2H3. The van der Waals surface area contributed by atoms with Crippen molar-refractivity contribution in [2.45, 2.75) is 6.61 Å². The van der Waals surface area contributed by atoms with Crippen molar-refractivity contribution in [2.75, 3.05) is 14.2 Å². The highest BCUT2D eigenvalue weighted by Crippen LogP contribution is 2.36. The Morgan fingerprint density at radius 1 is 1.07 bits per heavy atom. The summed E-state index contributed by atoms with van der Waals surface area (Å²) in [4.78, 5) is 0. The SMILES string of the molecule is COc1ccc(OC(F)F)c(OC)c1F. The number of ether oxygens (including phenoxy) is 3. The lowest BCUT2D eigenvalue weighted by atomic mass is 10.3. The Bertz CT molecular complexity index is 342. The molecular weight excluding hydrogens is 213 g/mol. The average Bonchev–Trinajstić information content (AvgIpc) is 2.18. The van der Waals surface area contributed by atoms with Crippen molar-refractivity contribution in [1.82, 2.24) is 0 Å². The van der Waals surface area contributed by atoms with E-state index in [1.807, 2.05) is 0 Å². The minimum absolute atomic E-state index is 0.103. The zero-order chi connectivity index (χ0) is 11.4. The summed E-state index contributed by atoms with van der Waals surface area (Å²) in [6.45, 7) is -3.04. The third-order valence-corrected chi connectivity index (χ3v) is 1.67. The van der Waals surface area contributed by atoms with Gasteiger partial charge in [0, 0.05) is 0 Å². The van der Waals surface area contributed by atoms with Gasteiger partial charge in [0.15, 0.2) is 11.5 Å². The number of halogens is 3. The van der Waals surface area contributed by atoms with E-state index < -0.39 is 18.2 Å². The van der Waals surface area contributed by atoms with E-state index in [4.69, 9.17) is 0 Å². The summed E-state index contributed by atoms with van der Waals surface area (Å²) in [6.07, 6.45) is 0. The van der Waals surface area contributed by atoms with Crippen molar-refractivity contribution in [3.05, 3.63) is 17.9 Å². The minimum Gasteiger partial charge on any atom is -0.494 e. The normalized spacial score (nSPS) is 10.3.